The summed E-state index contributed by atoms with van der Waals surface area (Å²) in [7, 11) is 1.31. The Balaban J connectivity index is 1.58. The molecule has 0 fully saturated rings. The second kappa shape index (κ2) is 10.1. The number of furan rings is 1. The summed E-state index contributed by atoms with van der Waals surface area (Å²) >= 11 is 1.14. The SMILES string of the molecule is COC(=O)c1sc2nc(CN(Cc3ccco3)C[C@H](O)Cc3ccccc3)[nH]c(=O)c2c1C. The molecule has 2 N–H and O–H groups in total. The third-order valence-electron chi connectivity index (χ3n) is 5.34. The van der Waals surface area contributed by atoms with Crippen LogP contribution in [0.1, 0.15) is 32.4 Å². The van der Waals surface area contributed by atoms with Crippen LogP contribution >= 0.6 is 11.3 Å². The number of aryl methyl sites for hydroxylation is 1. The van der Waals surface area contributed by atoms with E-state index in [4.69, 9.17) is 9.15 Å². The minimum atomic E-state index is -0.618. The van der Waals surface area contributed by atoms with Gasteiger partial charge in [-0.1, -0.05) is 30.3 Å². The van der Waals surface area contributed by atoms with Gasteiger partial charge in [-0.2, -0.15) is 0 Å². The van der Waals surface area contributed by atoms with E-state index in [-0.39, 0.29) is 5.56 Å². The van der Waals surface area contributed by atoms with Crippen LogP contribution in [0.3, 0.4) is 0 Å². The van der Waals surface area contributed by atoms with E-state index in [9.17, 15) is 14.7 Å². The largest absolute Gasteiger partial charge is 0.468 e. The molecule has 1 atom stereocenters. The van der Waals surface area contributed by atoms with Crippen molar-refractivity contribution in [3.05, 3.63) is 86.7 Å². The maximum Gasteiger partial charge on any atom is 0.348 e. The van der Waals surface area contributed by atoms with Gasteiger partial charge in [0.2, 0.25) is 0 Å². The third-order valence-corrected chi connectivity index (χ3v) is 6.50. The van der Waals surface area contributed by atoms with Gasteiger partial charge in [0.1, 0.15) is 21.3 Å². The number of aliphatic hydroxyl groups is 1. The summed E-state index contributed by atoms with van der Waals surface area (Å²) in [5.74, 6) is 0.703. The fourth-order valence-electron chi connectivity index (χ4n) is 3.82. The van der Waals surface area contributed by atoms with E-state index in [0.29, 0.717) is 52.5 Å². The number of nitrogens with one attached hydrogen (secondary N) is 1. The van der Waals surface area contributed by atoms with E-state index in [1.807, 2.05) is 47.4 Å². The van der Waals surface area contributed by atoms with Crippen molar-refractivity contribution in [2.45, 2.75) is 32.5 Å². The monoisotopic (exact) mass is 467 g/mol. The molecule has 3 heterocycles. The summed E-state index contributed by atoms with van der Waals surface area (Å²) in [5.41, 5.74) is 1.30. The Morgan fingerprint density at radius 2 is 2.03 bits per heavy atom. The number of benzene rings is 1. The number of esters is 1. The topological polar surface area (TPSA) is 109 Å². The molecule has 0 aliphatic carbocycles. The number of hydrogen-bond acceptors (Lipinski definition) is 8. The van der Waals surface area contributed by atoms with Gasteiger partial charge in [-0.05, 0) is 36.6 Å². The number of fused-ring (bicyclic) bond motifs is 1. The second-order valence-corrected chi connectivity index (χ2v) is 8.83. The molecule has 0 spiro atoms. The average molecular weight is 468 g/mol. The fraction of sp³-hybridized carbons (Fsp3) is 0.292. The van der Waals surface area contributed by atoms with Crippen molar-refractivity contribution < 1.29 is 19.1 Å². The van der Waals surface area contributed by atoms with Crippen molar-refractivity contribution in [1.29, 1.82) is 0 Å². The highest BCUT2D eigenvalue weighted by Crippen LogP contribution is 2.27. The van der Waals surface area contributed by atoms with E-state index in [1.54, 1.807) is 13.2 Å². The molecule has 0 saturated carbocycles. The lowest BCUT2D eigenvalue weighted by atomic mass is 10.1. The lowest BCUT2D eigenvalue weighted by Crippen LogP contribution is -2.34. The van der Waals surface area contributed by atoms with Gasteiger partial charge in [0.25, 0.3) is 5.56 Å². The molecule has 8 nitrogen and oxygen atoms in total. The molecule has 172 valence electrons. The molecule has 0 radical (unpaired) electrons. The van der Waals surface area contributed by atoms with Crippen LogP contribution in [0.2, 0.25) is 0 Å². The summed E-state index contributed by atoms with van der Waals surface area (Å²) in [5, 5.41) is 11.1. The summed E-state index contributed by atoms with van der Waals surface area (Å²) in [6, 6.07) is 13.5. The molecule has 0 bridgehead atoms. The number of H-pyrrole nitrogens is 1. The van der Waals surface area contributed by atoms with Gasteiger partial charge in [-0.25, -0.2) is 9.78 Å². The first-order chi connectivity index (χ1) is 15.9. The van der Waals surface area contributed by atoms with E-state index < -0.39 is 12.1 Å². The Morgan fingerprint density at radius 3 is 2.73 bits per heavy atom. The third kappa shape index (κ3) is 5.39. The van der Waals surface area contributed by atoms with Crippen LogP contribution in [0.4, 0.5) is 0 Å². The molecule has 0 amide bonds. The zero-order valence-corrected chi connectivity index (χ0v) is 19.2. The molecule has 3 aromatic heterocycles. The lowest BCUT2D eigenvalue weighted by Gasteiger charge is -2.24. The molecule has 33 heavy (non-hydrogen) atoms. The van der Waals surface area contributed by atoms with Crippen LogP contribution < -0.4 is 5.56 Å². The van der Waals surface area contributed by atoms with Crippen LogP contribution in [0, 0.1) is 6.92 Å². The number of rotatable bonds is 9. The summed E-state index contributed by atoms with van der Waals surface area (Å²) in [4.78, 5) is 35.1. The van der Waals surface area contributed by atoms with Gasteiger partial charge in [0.15, 0.2) is 0 Å². The minimum Gasteiger partial charge on any atom is -0.468 e. The number of carbonyl (C=O) groups excluding carboxylic acids is 1. The highest BCUT2D eigenvalue weighted by atomic mass is 32.1. The smallest absolute Gasteiger partial charge is 0.348 e. The van der Waals surface area contributed by atoms with Crippen molar-refractivity contribution in [2.24, 2.45) is 0 Å². The average Bonchev–Trinajstić information content (AvgIpc) is 3.41. The van der Waals surface area contributed by atoms with Crippen molar-refractivity contribution in [1.82, 2.24) is 14.9 Å². The summed E-state index contributed by atoms with van der Waals surface area (Å²) in [6.45, 7) is 2.80. The summed E-state index contributed by atoms with van der Waals surface area (Å²) < 4.78 is 10.3. The number of aromatic nitrogens is 2. The predicted molar refractivity (Wildman–Crippen MR) is 125 cm³/mol. The molecule has 0 aliphatic heterocycles. The molecule has 9 heteroatoms. The first-order valence-electron chi connectivity index (χ1n) is 10.5. The first-order valence-corrected chi connectivity index (χ1v) is 11.3. The van der Waals surface area contributed by atoms with Crippen LogP contribution in [0.5, 0.6) is 0 Å². The van der Waals surface area contributed by atoms with Gasteiger partial charge >= 0.3 is 5.97 Å². The number of nitrogens with zero attached hydrogens (tertiary/aromatic N) is 2. The van der Waals surface area contributed by atoms with Gasteiger partial charge in [-0.3, -0.25) is 9.69 Å². The Bertz CT molecular complexity index is 1280. The van der Waals surface area contributed by atoms with Crippen LogP contribution in [-0.2, 0) is 24.2 Å². The van der Waals surface area contributed by atoms with Crippen molar-refractivity contribution in [3.63, 3.8) is 0 Å². The number of hydrogen-bond donors (Lipinski definition) is 2. The molecule has 1 aromatic carbocycles. The zero-order chi connectivity index (χ0) is 23.4. The Hall–Kier alpha value is -3.27. The van der Waals surface area contributed by atoms with Crippen LogP contribution in [0.25, 0.3) is 10.2 Å². The molecule has 0 unspecified atom stereocenters. The van der Waals surface area contributed by atoms with E-state index in [1.165, 1.54) is 7.11 Å². The highest BCUT2D eigenvalue weighted by Gasteiger charge is 2.21. The maximum atomic E-state index is 12.8. The van der Waals surface area contributed by atoms with E-state index >= 15 is 0 Å². The number of carbonyl (C=O) groups is 1. The fourth-order valence-corrected chi connectivity index (χ4v) is 4.94. The molecular formula is C24H25N3O5S. The lowest BCUT2D eigenvalue weighted by molar-refractivity contribution is 0.0605. The Labute approximate surface area is 194 Å². The van der Waals surface area contributed by atoms with Gasteiger partial charge in [0, 0.05) is 6.54 Å². The number of methoxy groups -OCH3 is 1. The molecule has 4 aromatic rings. The Kier molecular flexibility index (Phi) is 7.02. The van der Waals surface area contributed by atoms with E-state index in [0.717, 1.165) is 22.7 Å². The second-order valence-electron chi connectivity index (χ2n) is 7.83. The van der Waals surface area contributed by atoms with E-state index in [2.05, 4.69) is 9.97 Å². The molecule has 0 saturated heterocycles. The number of ether oxygens (including phenoxy) is 1. The number of aliphatic hydroxyl groups excluding tert-OH is 1. The van der Waals surface area contributed by atoms with Crippen molar-refractivity contribution >= 4 is 27.5 Å². The Morgan fingerprint density at radius 1 is 1.24 bits per heavy atom. The van der Waals surface area contributed by atoms with Gasteiger partial charge in [-0.15, -0.1) is 11.3 Å². The first kappa shape index (κ1) is 22.9. The van der Waals surface area contributed by atoms with Crippen LogP contribution in [-0.4, -0.2) is 45.7 Å². The quantitative estimate of drug-likeness (QED) is 0.364. The molecule has 4 rings (SSSR count). The van der Waals surface area contributed by atoms with Gasteiger partial charge < -0.3 is 19.2 Å². The molecular weight excluding hydrogens is 442 g/mol. The number of aromatic amines is 1. The molecule has 0 aliphatic rings. The summed E-state index contributed by atoms with van der Waals surface area (Å²) in [6.07, 6.45) is 1.49. The standard InChI is InChI=1S/C24H25N3O5S/c1-15-20-22(29)25-19(26-23(20)33-21(15)24(30)31-2)14-27(13-18-9-6-10-32-18)12-17(28)11-16-7-4-3-5-8-16/h3-10,17,28H,11-14H2,1-2H3,(H,25,26,29)/t17-/m1/s1. The number of thiophene rings is 1. The van der Waals surface area contributed by atoms with Crippen LogP contribution in [0.15, 0.2) is 57.9 Å². The van der Waals surface area contributed by atoms with Crippen molar-refractivity contribution in [2.75, 3.05) is 13.7 Å². The van der Waals surface area contributed by atoms with Gasteiger partial charge in [0.05, 0.1) is 38.0 Å². The predicted octanol–water partition coefficient (Wildman–Crippen LogP) is 3.28. The zero-order valence-electron chi connectivity index (χ0n) is 18.4. The minimum absolute atomic E-state index is 0.294. The maximum absolute atomic E-state index is 12.8. The highest BCUT2D eigenvalue weighted by molar-refractivity contribution is 7.20. The van der Waals surface area contributed by atoms with Crippen molar-refractivity contribution in [3.8, 4) is 0 Å². The normalized spacial score (nSPS) is 12.4.